The summed E-state index contributed by atoms with van der Waals surface area (Å²) in [6.07, 6.45) is 1.13. The monoisotopic (exact) mass is 310 g/mol. The zero-order valence-corrected chi connectivity index (χ0v) is 13.5. The number of amides is 2. The summed E-state index contributed by atoms with van der Waals surface area (Å²) in [5, 5.41) is 6.65. The zero-order valence-electron chi connectivity index (χ0n) is 12.7. The van der Waals surface area contributed by atoms with E-state index in [-0.39, 0.29) is 18.0 Å². The Morgan fingerprint density at radius 3 is 2.52 bits per heavy atom. The van der Waals surface area contributed by atoms with Crippen molar-refractivity contribution in [1.29, 1.82) is 0 Å². The molecule has 0 atom stereocenters. The number of thiophene rings is 1. The van der Waals surface area contributed by atoms with Gasteiger partial charge in [-0.25, -0.2) is 4.79 Å². The molecule has 21 heavy (non-hydrogen) atoms. The van der Waals surface area contributed by atoms with E-state index in [1.165, 1.54) is 11.3 Å². The maximum atomic E-state index is 12.2. The standard InChI is InChI=1S/C15H22N2O3S/c1-15(2,3)20-14(19)16-12-4-7-17(8-5-12)13(18)11-6-9-21-10-11/h6,9-10,12H,4-5,7-8H2,1-3H3,(H,16,19). The minimum atomic E-state index is -0.486. The number of carbonyl (C=O) groups is 2. The molecule has 1 aliphatic heterocycles. The van der Waals surface area contributed by atoms with Crippen LogP contribution in [-0.4, -0.2) is 41.6 Å². The van der Waals surface area contributed by atoms with Gasteiger partial charge in [-0.2, -0.15) is 11.3 Å². The lowest BCUT2D eigenvalue weighted by molar-refractivity contribution is 0.0473. The van der Waals surface area contributed by atoms with Gasteiger partial charge in [0.05, 0.1) is 5.56 Å². The zero-order chi connectivity index (χ0) is 15.5. The van der Waals surface area contributed by atoms with E-state index in [4.69, 9.17) is 4.74 Å². The molecule has 1 aromatic heterocycles. The Bertz CT molecular complexity index is 486. The first-order chi connectivity index (χ1) is 9.85. The molecule has 5 nitrogen and oxygen atoms in total. The lowest BCUT2D eigenvalue weighted by Crippen LogP contribution is -2.47. The Kier molecular flexibility index (Phi) is 4.88. The largest absolute Gasteiger partial charge is 0.444 e. The molecule has 1 fully saturated rings. The van der Waals surface area contributed by atoms with Gasteiger partial charge in [0.1, 0.15) is 5.60 Å². The van der Waals surface area contributed by atoms with Crippen molar-refractivity contribution in [2.45, 2.75) is 45.3 Å². The highest BCUT2D eigenvalue weighted by Gasteiger charge is 2.26. The molecule has 2 amide bonds. The third-order valence-electron chi connectivity index (χ3n) is 3.27. The second-order valence-corrected chi connectivity index (χ2v) is 7.00. The first-order valence-electron chi connectivity index (χ1n) is 7.16. The quantitative estimate of drug-likeness (QED) is 0.914. The van der Waals surface area contributed by atoms with Crippen LogP contribution in [0.5, 0.6) is 0 Å². The number of rotatable bonds is 2. The number of hydrogen-bond acceptors (Lipinski definition) is 4. The van der Waals surface area contributed by atoms with Gasteiger partial charge < -0.3 is 15.0 Å². The van der Waals surface area contributed by atoms with Crippen molar-refractivity contribution >= 4 is 23.3 Å². The van der Waals surface area contributed by atoms with Gasteiger partial charge in [-0.1, -0.05) is 0 Å². The van der Waals surface area contributed by atoms with Gasteiger partial charge in [0.25, 0.3) is 5.91 Å². The third kappa shape index (κ3) is 4.74. The van der Waals surface area contributed by atoms with Crippen molar-refractivity contribution in [1.82, 2.24) is 10.2 Å². The van der Waals surface area contributed by atoms with E-state index in [1.807, 2.05) is 42.5 Å². The summed E-state index contributed by atoms with van der Waals surface area (Å²) in [7, 11) is 0. The summed E-state index contributed by atoms with van der Waals surface area (Å²) >= 11 is 1.53. The van der Waals surface area contributed by atoms with E-state index in [1.54, 1.807) is 0 Å². The number of ether oxygens (including phenoxy) is 1. The van der Waals surface area contributed by atoms with E-state index in [0.29, 0.717) is 13.1 Å². The Morgan fingerprint density at radius 1 is 1.33 bits per heavy atom. The molecule has 0 bridgehead atoms. The van der Waals surface area contributed by atoms with E-state index >= 15 is 0 Å². The van der Waals surface area contributed by atoms with Crippen LogP contribution in [0.15, 0.2) is 16.8 Å². The number of carbonyl (C=O) groups excluding carboxylic acids is 2. The second kappa shape index (κ2) is 6.47. The normalized spacial score (nSPS) is 16.6. The molecule has 0 aliphatic carbocycles. The molecule has 0 radical (unpaired) electrons. The van der Waals surface area contributed by atoms with Gasteiger partial charge in [-0.3, -0.25) is 4.79 Å². The summed E-state index contributed by atoms with van der Waals surface area (Å²) in [5.74, 6) is 0.0759. The van der Waals surface area contributed by atoms with Crippen molar-refractivity contribution in [3.63, 3.8) is 0 Å². The Labute approximate surface area is 129 Å². The molecule has 1 saturated heterocycles. The Balaban J connectivity index is 1.78. The average molecular weight is 310 g/mol. The third-order valence-corrected chi connectivity index (χ3v) is 3.95. The average Bonchev–Trinajstić information content (AvgIpc) is 2.90. The highest BCUT2D eigenvalue weighted by atomic mass is 32.1. The van der Waals surface area contributed by atoms with Crippen molar-refractivity contribution in [2.75, 3.05) is 13.1 Å². The first kappa shape index (κ1) is 15.8. The van der Waals surface area contributed by atoms with Gasteiger partial charge in [-0.05, 0) is 45.1 Å². The summed E-state index contributed by atoms with van der Waals surface area (Å²) in [5.41, 5.74) is 0.262. The molecule has 2 rings (SSSR count). The number of piperidine rings is 1. The summed E-state index contributed by atoms with van der Waals surface area (Å²) in [6.45, 7) is 6.85. The van der Waals surface area contributed by atoms with Gasteiger partial charge in [-0.15, -0.1) is 0 Å². The minimum Gasteiger partial charge on any atom is -0.444 e. The highest BCUT2D eigenvalue weighted by molar-refractivity contribution is 7.08. The van der Waals surface area contributed by atoms with Crippen LogP contribution in [0.3, 0.4) is 0 Å². The Morgan fingerprint density at radius 2 is 2.00 bits per heavy atom. The maximum Gasteiger partial charge on any atom is 0.407 e. The SMILES string of the molecule is CC(C)(C)OC(=O)NC1CCN(C(=O)c2ccsc2)CC1. The molecule has 1 aliphatic rings. The molecule has 0 unspecified atom stereocenters. The van der Waals surface area contributed by atoms with Crippen LogP contribution in [0, 0.1) is 0 Å². The van der Waals surface area contributed by atoms with Crippen LogP contribution in [0.1, 0.15) is 44.0 Å². The topological polar surface area (TPSA) is 58.6 Å². The Hall–Kier alpha value is -1.56. The van der Waals surface area contributed by atoms with Crippen molar-refractivity contribution < 1.29 is 14.3 Å². The molecule has 116 valence electrons. The van der Waals surface area contributed by atoms with Gasteiger partial charge >= 0.3 is 6.09 Å². The number of nitrogens with one attached hydrogen (secondary N) is 1. The smallest absolute Gasteiger partial charge is 0.407 e. The minimum absolute atomic E-state index is 0.0753. The van der Waals surface area contributed by atoms with Crippen LogP contribution in [0.25, 0.3) is 0 Å². The van der Waals surface area contributed by atoms with Gasteiger partial charge in [0.2, 0.25) is 0 Å². The van der Waals surface area contributed by atoms with Crippen molar-refractivity contribution in [2.24, 2.45) is 0 Å². The van der Waals surface area contributed by atoms with E-state index in [2.05, 4.69) is 5.32 Å². The lowest BCUT2D eigenvalue weighted by atomic mass is 10.0. The molecular weight excluding hydrogens is 288 g/mol. The molecule has 0 saturated carbocycles. The lowest BCUT2D eigenvalue weighted by Gasteiger charge is -2.32. The van der Waals surface area contributed by atoms with Crippen molar-refractivity contribution in [3.05, 3.63) is 22.4 Å². The van der Waals surface area contributed by atoms with Gasteiger partial charge in [0, 0.05) is 24.5 Å². The maximum absolute atomic E-state index is 12.2. The molecule has 6 heteroatoms. The van der Waals surface area contributed by atoms with Crippen LogP contribution < -0.4 is 5.32 Å². The molecule has 0 spiro atoms. The highest BCUT2D eigenvalue weighted by Crippen LogP contribution is 2.16. The van der Waals surface area contributed by atoms with Crippen LogP contribution in [-0.2, 0) is 4.74 Å². The fourth-order valence-electron chi connectivity index (χ4n) is 2.27. The predicted octanol–water partition coefficient (Wildman–Crippen LogP) is 2.88. The predicted molar refractivity (Wildman–Crippen MR) is 82.6 cm³/mol. The molecule has 2 heterocycles. The molecular formula is C15H22N2O3S. The fraction of sp³-hybridized carbons (Fsp3) is 0.600. The van der Waals surface area contributed by atoms with Crippen LogP contribution >= 0.6 is 11.3 Å². The molecule has 1 aromatic rings. The number of nitrogens with zero attached hydrogens (tertiary/aromatic N) is 1. The number of hydrogen-bond donors (Lipinski definition) is 1. The first-order valence-corrected chi connectivity index (χ1v) is 8.10. The van der Waals surface area contributed by atoms with E-state index in [9.17, 15) is 9.59 Å². The molecule has 0 aromatic carbocycles. The summed E-state index contributed by atoms with van der Waals surface area (Å²) in [6, 6.07) is 1.92. The number of likely N-dealkylation sites (tertiary alicyclic amines) is 1. The van der Waals surface area contributed by atoms with Gasteiger partial charge in [0.15, 0.2) is 0 Å². The molecule has 1 N–H and O–H groups in total. The summed E-state index contributed by atoms with van der Waals surface area (Å²) in [4.78, 5) is 25.8. The van der Waals surface area contributed by atoms with E-state index in [0.717, 1.165) is 18.4 Å². The van der Waals surface area contributed by atoms with E-state index < -0.39 is 5.60 Å². The fourth-order valence-corrected chi connectivity index (χ4v) is 2.90. The second-order valence-electron chi connectivity index (χ2n) is 6.22. The van der Waals surface area contributed by atoms with Crippen LogP contribution in [0.4, 0.5) is 4.79 Å². The van der Waals surface area contributed by atoms with Crippen LogP contribution in [0.2, 0.25) is 0 Å². The van der Waals surface area contributed by atoms with Crippen molar-refractivity contribution in [3.8, 4) is 0 Å². The summed E-state index contributed by atoms with van der Waals surface area (Å²) < 4.78 is 5.24. The number of alkyl carbamates (subject to hydrolysis) is 1.